The van der Waals surface area contributed by atoms with E-state index in [1.165, 1.54) is 6.07 Å². The molecule has 1 atom stereocenters. The predicted molar refractivity (Wildman–Crippen MR) is 112 cm³/mol. The van der Waals surface area contributed by atoms with Gasteiger partial charge in [-0.2, -0.15) is 0 Å². The molecule has 18 heteroatoms. The molecule has 2 fully saturated rings. The molecule has 33 heavy (non-hydrogen) atoms. The van der Waals surface area contributed by atoms with E-state index >= 15 is 0 Å². The van der Waals surface area contributed by atoms with Crippen LogP contribution in [-0.2, 0) is 24.8 Å². The van der Waals surface area contributed by atoms with Gasteiger partial charge in [-0.15, -0.1) is 0 Å². The molecule has 2 aliphatic rings. The standard InChI is InChI=1S/C15H20N10O6S2.H2/c16-32(28,29)14-12(33(30,31)19-9-5-6-17-8-9)4-3-11(13(14)25-22-20-21-23-25)24-7-1-2-10(18-27)15(24)26;/h3-4,9,17,19H,1-2,5-8H2,(H3,16,26,27,28,29);1H/p+1/t9-;/m1./s1. The number of nitrogens with one attached hydrogen (secondary N) is 3. The molecule has 0 saturated carbocycles. The van der Waals surface area contributed by atoms with Crippen LogP contribution in [0.4, 0.5) is 5.69 Å². The number of hydrogen-bond acceptors (Lipinski definition) is 11. The number of carbonyl (C=O) groups is 1. The van der Waals surface area contributed by atoms with Crippen molar-refractivity contribution < 1.29 is 33.1 Å². The molecule has 0 radical (unpaired) electrons. The van der Waals surface area contributed by atoms with Gasteiger partial charge in [-0.05, 0) is 41.5 Å². The van der Waals surface area contributed by atoms with E-state index in [1.54, 1.807) is 0 Å². The Morgan fingerprint density at radius 2 is 2.12 bits per heavy atom. The average molecular weight is 504 g/mol. The fourth-order valence-corrected chi connectivity index (χ4v) is 6.66. The largest absolute Gasteiger partial charge is 0.410 e. The van der Waals surface area contributed by atoms with Crippen LogP contribution in [0.5, 0.6) is 0 Å². The fourth-order valence-electron chi connectivity index (χ4n) is 3.82. The highest BCUT2D eigenvalue weighted by Gasteiger charge is 2.38. The minimum absolute atomic E-state index is 0. The molecular weight excluding hydrogens is 480 g/mol. The van der Waals surface area contributed by atoms with Crippen molar-refractivity contribution in [3.8, 4) is 5.69 Å². The molecular formula is C15H23N10O6S2+. The van der Waals surface area contributed by atoms with E-state index < -0.39 is 41.8 Å². The number of hydrogen-bond donors (Lipinski definition) is 5. The Morgan fingerprint density at radius 3 is 2.73 bits per heavy atom. The van der Waals surface area contributed by atoms with Crippen LogP contribution in [0.3, 0.4) is 0 Å². The summed E-state index contributed by atoms with van der Waals surface area (Å²) in [6.45, 7) is 1.11. The van der Waals surface area contributed by atoms with Crippen molar-refractivity contribution in [1.29, 1.82) is 0 Å². The van der Waals surface area contributed by atoms with Crippen molar-refractivity contribution in [2.45, 2.75) is 35.1 Å². The summed E-state index contributed by atoms with van der Waals surface area (Å²) < 4.78 is 54.2. The number of carbonyl (C=O) groups excluding carboxylic acids is 1. The third kappa shape index (κ3) is 4.42. The van der Waals surface area contributed by atoms with E-state index in [2.05, 4.69) is 36.0 Å². The van der Waals surface area contributed by atoms with Crippen LogP contribution in [0, 0.1) is 0 Å². The molecule has 2 saturated heterocycles. The van der Waals surface area contributed by atoms with Crippen LogP contribution >= 0.6 is 0 Å². The highest BCUT2D eigenvalue weighted by Crippen LogP contribution is 2.33. The third-order valence-corrected chi connectivity index (χ3v) is 7.93. The van der Waals surface area contributed by atoms with Gasteiger partial charge in [-0.1, -0.05) is 5.16 Å². The summed E-state index contributed by atoms with van der Waals surface area (Å²) in [4.78, 5) is 13.3. The predicted octanol–water partition coefficient (Wildman–Crippen LogP) is -3.03. The summed E-state index contributed by atoms with van der Waals surface area (Å²) in [6.07, 6.45) is 1.14. The van der Waals surface area contributed by atoms with Gasteiger partial charge in [0.1, 0.15) is 20.7 Å². The van der Waals surface area contributed by atoms with Crippen LogP contribution in [0.2, 0.25) is 0 Å². The zero-order chi connectivity index (χ0) is 23.8. The molecule has 2 aromatic rings. The second kappa shape index (κ2) is 8.71. The molecule has 1 aromatic carbocycles. The number of nitrogens with two attached hydrogens (primary N) is 1. The lowest BCUT2D eigenvalue weighted by molar-refractivity contribution is -0.721. The number of nitrogens with zero attached hydrogens (tertiary/aromatic N) is 6. The van der Waals surface area contributed by atoms with Gasteiger partial charge in [0, 0.05) is 27.0 Å². The van der Waals surface area contributed by atoms with Crippen molar-refractivity contribution in [1.82, 2.24) is 30.9 Å². The number of aromatic amines is 1. The van der Waals surface area contributed by atoms with E-state index in [4.69, 9.17) is 10.3 Å². The molecule has 0 aliphatic carbocycles. The number of benzene rings is 1. The Morgan fingerprint density at radius 1 is 1.33 bits per heavy atom. The van der Waals surface area contributed by atoms with E-state index in [-0.39, 0.29) is 31.5 Å². The van der Waals surface area contributed by atoms with Crippen LogP contribution in [-0.4, -0.2) is 80.2 Å². The molecule has 4 rings (SSSR count). The molecule has 1 amide bonds. The molecule has 1 aromatic heterocycles. The van der Waals surface area contributed by atoms with Crippen molar-refractivity contribution in [2.24, 2.45) is 10.3 Å². The minimum atomic E-state index is -4.69. The Labute approximate surface area is 189 Å². The first kappa shape index (κ1) is 23.1. The maximum Gasteiger partial charge on any atom is 0.276 e. The van der Waals surface area contributed by atoms with Crippen LogP contribution in [0.25, 0.3) is 5.69 Å². The van der Waals surface area contributed by atoms with Gasteiger partial charge in [0.15, 0.2) is 5.69 Å². The molecule has 0 unspecified atom stereocenters. The van der Waals surface area contributed by atoms with Crippen molar-refractivity contribution >= 4 is 37.4 Å². The number of primary sulfonamides is 1. The summed E-state index contributed by atoms with van der Waals surface area (Å²) in [6, 6.07) is 1.85. The number of aromatic nitrogens is 5. The minimum Gasteiger partial charge on any atom is -0.410 e. The summed E-state index contributed by atoms with van der Waals surface area (Å²) in [5.41, 5.74) is -0.561. The zero-order valence-corrected chi connectivity index (χ0v) is 18.7. The number of H-pyrrole nitrogens is 1. The quantitative estimate of drug-likeness (QED) is 0.152. The number of sulfonamides is 2. The van der Waals surface area contributed by atoms with Gasteiger partial charge in [0.05, 0.1) is 5.69 Å². The number of oxime groups is 1. The lowest BCUT2D eigenvalue weighted by Gasteiger charge is -2.28. The van der Waals surface area contributed by atoms with Gasteiger partial charge in [0.2, 0.25) is 30.5 Å². The monoisotopic (exact) mass is 503 g/mol. The SMILES string of the molecule is NS(=O)(=O)c1c(S(=O)(=O)N[C@@H]2CCNC2)ccc(N2CCC/C(=N/O)C2=O)c1-[n+]1nnn[nH]1.[HH]. The second-order valence-corrected chi connectivity index (χ2v) is 10.6. The van der Waals surface area contributed by atoms with Crippen molar-refractivity contribution in [3.63, 3.8) is 0 Å². The van der Waals surface area contributed by atoms with Crippen LogP contribution < -0.4 is 24.9 Å². The molecule has 180 valence electrons. The number of amides is 1. The summed E-state index contributed by atoms with van der Waals surface area (Å²) in [7, 11) is -9.05. The van der Waals surface area contributed by atoms with Crippen LogP contribution in [0.15, 0.2) is 27.1 Å². The normalized spacial score (nSPS) is 21.1. The lowest BCUT2D eigenvalue weighted by atomic mass is 10.1. The first-order chi connectivity index (χ1) is 15.6. The van der Waals surface area contributed by atoms with Gasteiger partial charge >= 0.3 is 0 Å². The van der Waals surface area contributed by atoms with E-state index in [0.717, 1.165) is 15.8 Å². The van der Waals surface area contributed by atoms with Gasteiger partial charge in [-0.25, -0.2) is 26.7 Å². The molecule has 2 aliphatic heterocycles. The second-order valence-electron chi connectivity index (χ2n) is 7.41. The molecule has 0 bridgehead atoms. The Kier molecular flexibility index (Phi) is 6.10. The molecule has 3 heterocycles. The average Bonchev–Trinajstić information content (AvgIpc) is 3.46. The maximum atomic E-state index is 13.2. The first-order valence-corrected chi connectivity index (χ1v) is 12.8. The Hall–Kier alpha value is -3.06. The number of anilines is 1. The molecule has 6 N–H and O–H groups in total. The lowest BCUT2D eigenvalue weighted by Crippen LogP contribution is -2.47. The highest BCUT2D eigenvalue weighted by atomic mass is 32.2. The van der Waals surface area contributed by atoms with Gasteiger partial charge in [-0.3, -0.25) is 4.79 Å². The maximum absolute atomic E-state index is 13.2. The Balaban J connectivity index is 0.00000324. The zero-order valence-electron chi connectivity index (χ0n) is 17.0. The summed E-state index contributed by atoms with van der Waals surface area (Å²) in [5.74, 6) is -0.691. The van der Waals surface area contributed by atoms with Gasteiger partial charge < -0.3 is 15.4 Å². The van der Waals surface area contributed by atoms with E-state index in [0.29, 0.717) is 25.9 Å². The fraction of sp³-hybridized carbons (Fsp3) is 0.467. The van der Waals surface area contributed by atoms with E-state index in [1.807, 2.05) is 0 Å². The third-order valence-electron chi connectivity index (χ3n) is 5.25. The van der Waals surface area contributed by atoms with Crippen molar-refractivity contribution in [2.75, 3.05) is 24.5 Å². The van der Waals surface area contributed by atoms with Crippen LogP contribution in [0.1, 0.15) is 20.7 Å². The number of piperidine rings is 1. The Bertz CT molecular complexity index is 1310. The topological polar surface area (TPSA) is 230 Å². The van der Waals surface area contributed by atoms with E-state index in [9.17, 15) is 21.6 Å². The highest BCUT2D eigenvalue weighted by molar-refractivity contribution is 7.92. The van der Waals surface area contributed by atoms with Crippen molar-refractivity contribution in [3.05, 3.63) is 12.1 Å². The number of rotatable bonds is 6. The molecule has 16 nitrogen and oxygen atoms in total. The summed E-state index contributed by atoms with van der Waals surface area (Å²) in [5, 5.41) is 33.4. The smallest absolute Gasteiger partial charge is 0.276 e. The molecule has 0 spiro atoms. The van der Waals surface area contributed by atoms with Gasteiger partial charge in [0.25, 0.3) is 5.91 Å². The first-order valence-electron chi connectivity index (χ1n) is 9.75. The summed E-state index contributed by atoms with van der Waals surface area (Å²) >= 11 is 0.